The number of hydrogen-bond acceptors (Lipinski definition) is 2. The molecule has 0 aromatic heterocycles. The molecule has 0 heterocycles. The number of hydrogen-bond donors (Lipinski definition) is 2. The van der Waals surface area contributed by atoms with Crippen molar-refractivity contribution in [3.05, 3.63) is 60.2 Å². The Morgan fingerprint density at radius 1 is 0.769 bits per heavy atom. The van der Waals surface area contributed by atoms with Gasteiger partial charge in [0, 0.05) is 23.2 Å². The zero-order valence-corrected chi connectivity index (χ0v) is 15.2. The van der Waals surface area contributed by atoms with Crippen molar-refractivity contribution in [2.75, 3.05) is 10.6 Å². The Bertz CT molecular complexity index is 732. The minimum Gasteiger partial charge on any atom is -0.326 e. The topological polar surface area (TPSA) is 58.2 Å². The van der Waals surface area contributed by atoms with Crippen LogP contribution < -0.4 is 10.6 Å². The zero-order valence-electron chi connectivity index (χ0n) is 15.2. The molecule has 0 saturated heterocycles. The van der Waals surface area contributed by atoms with E-state index >= 15 is 0 Å². The summed E-state index contributed by atoms with van der Waals surface area (Å²) >= 11 is 0. The highest BCUT2D eigenvalue weighted by molar-refractivity contribution is 5.94. The molecule has 0 aliphatic heterocycles. The zero-order chi connectivity index (χ0) is 18.4. The molecule has 1 fully saturated rings. The molecule has 1 saturated carbocycles. The lowest BCUT2D eigenvalue weighted by Crippen LogP contribution is -2.32. The van der Waals surface area contributed by atoms with E-state index in [0.29, 0.717) is 0 Å². The molecule has 0 unspecified atom stereocenters. The van der Waals surface area contributed by atoms with Crippen LogP contribution in [0.2, 0.25) is 0 Å². The van der Waals surface area contributed by atoms with E-state index < -0.39 is 0 Å². The fraction of sp³-hybridized carbons (Fsp3) is 0.364. The van der Waals surface area contributed by atoms with Gasteiger partial charge in [-0.1, -0.05) is 37.3 Å². The molecule has 2 N–H and O–H groups in total. The van der Waals surface area contributed by atoms with Gasteiger partial charge in [-0.15, -0.1) is 0 Å². The molecule has 2 aromatic carbocycles. The Kier molecular flexibility index (Phi) is 6.05. The van der Waals surface area contributed by atoms with Gasteiger partial charge in [-0.05, 0) is 61.9 Å². The van der Waals surface area contributed by atoms with Crippen LogP contribution in [0.5, 0.6) is 0 Å². The summed E-state index contributed by atoms with van der Waals surface area (Å²) in [5, 5.41) is 5.97. The molecule has 0 spiro atoms. The summed E-state index contributed by atoms with van der Waals surface area (Å²) in [7, 11) is 0. The smallest absolute Gasteiger partial charge is 0.227 e. The molecule has 2 amide bonds. The van der Waals surface area contributed by atoms with Crippen molar-refractivity contribution >= 4 is 23.2 Å². The lowest BCUT2D eigenvalue weighted by atomic mass is 9.81. The van der Waals surface area contributed by atoms with Crippen LogP contribution in [0.15, 0.2) is 54.6 Å². The van der Waals surface area contributed by atoms with Crippen LogP contribution in [0.4, 0.5) is 11.4 Å². The van der Waals surface area contributed by atoms with Crippen LogP contribution in [0.1, 0.15) is 38.2 Å². The summed E-state index contributed by atoms with van der Waals surface area (Å²) in [5.74, 6) is 0.103. The molecular formula is C22H26N2O2. The predicted octanol–water partition coefficient (Wildman–Crippen LogP) is 4.63. The van der Waals surface area contributed by atoms with Crippen LogP contribution in [0.25, 0.3) is 0 Å². The Hall–Kier alpha value is -2.62. The van der Waals surface area contributed by atoms with Gasteiger partial charge < -0.3 is 10.6 Å². The molecule has 136 valence electrons. The second kappa shape index (κ2) is 8.65. The van der Waals surface area contributed by atoms with Crippen LogP contribution >= 0.6 is 0 Å². The van der Waals surface area contributed by atoms with E-state index in [0.717, 1.165) is 43.5 Å². The van der Waals surface area contributed by atoms with E-state index in [-0.39, 0.29) is 23.7 Å². The first-order chi connectivity index (χ1) is 12.7. The van der Waals surface area contributed by atoms with E-state index in [4.69, 9.17) is 0 Å². The van der Waals surface area contributed by atoms with Gasteiger partial charge in [0.05, 0.1) is 0 Å². The summed E-state index contributed by atoms with van der Waals surface area (Å²) in [6.45, 7) is 2.11. The van der Waals surface area contributed by atoms with E-state index in [2.05, 4.69) is 17.6 Å². The van der Waals surface area contributed by atoms with E-state index in [1.165, 1.54) is 5.56 Å². The van der Waals surface area contributed by atoms with Gasteiger partial charge in [-0.2, -0.15) is 0 Å². The highest BCUT2D eigenvalue weighted by atomic mass is 16.2. The number of benzene rings is 2. The summed E-state index contributed by atoms with van der Waals surface area (Å²) in [6, 6.07) is 17.5. The largest absolute Gasteiger partial charge is 0.326 e. The van der Waals surface area contributed by atoms with E-state index in [1.807, 2.05) is 54.6 Å². The molecule has 2 aromatic rings. The van der Waals surface area contributed by atoms with Gasteiger partial charge in [-0.25, -0.2) is 0 Å². The van der Waals surface area contributed by atoms with Crippen molar-refractivity contribution in [1.29, 1.82) is 0 Å². The van der Waals surface area contributed by atoms with Gasteiger partial charge >= 0.3 is 0 Å². The average Bonchev–Trinajstić information content (AvgIpc) is 2.69. The van der Waals surface area contributed by atoms with Gasteiger partial charge in [0.15, 0.2) is 0 Å². The number of nitrogens with one attached hydrogen (secondary N) is 2. The number of para-hydroxylation sites is 1. The molecule has 0 atom stereocenters. The van der Waals surface area contributed by atoms with Gasteiger partial charge in [0.1, 0.15) is 0 Å². The molecule has 0 radical (unpaired) electrons. The van der Waals surface area contributed by atoms with E-state index in [9.17, 15) is 9.59 Å². The number of aryl methyl sites for hydroxylation is 1. The van der Waals surface area contributed by atoms with Crippen LogP contribution in [0.3, 0.4) is 0 Å². The lowest BCUT2D eigenvalue weighted by molar-refractivity contribution is -0.125. The maximum Gasteiger partial charge on any atom is 0.227 e. The predicted molar refractivity (Wildman–Crippen MR) is 105 cm³/mol. The highest BCUT2D eigenvalue weighted by Crippen LogP contribution is 2.30. The number of rotatable bonds is 5. The molecule has 0 bridgehead atoms. The summed E-state index contributed by atoms with van der Waals surface area (Å²) in [6.07, 6.45) is 4.01. The summed E-state index contributed by atoms with van der Waals surface area (Å²) < 4.78 is 0. The third-order valence-electron chi connectivity index (χ3n) is 5.14. The molecule has 26 heavy (non-hydrogen) atoms. The van der Waals surface area contributed by atoms with Gasteiger partial charge in [0.2, 0.25) is 11.8 Å². The second-order valence-electron chi connectivity index (χ2n) is 6.94. The normalized spacial score (nSPS) is 19.6. The van der Waals surface area contributed by atoms with Crippen LogP contribution in [-0.2, 0) is 16.0 Å². The number of anilines is 2. The number of carbonyl (C=O) groups excluding carboxylic acids is 2. The molecule has 4 heteroatoms. The van der Waals surface area contributed by atoms with Crippen LogP contribution in [-0.4, -0.2) is 11.8 Å². The Balaban J connectivity index is 1.48. The Morgan fingerprint density at radius 3 is 1.69 bits per heavy atom. The average molecular weight is 350 g/mol. The third-order valence-corrected chi connectivity index (χ3v) is 5.14. The highest BCUT2D eigenvalue weighted by Gasteiger charge is 2.30. The number of carbonyl (C=O) groups is 2. The van der Waals surface area contributed by atoms with Crippen molar-refractivity contribution in [3.8, 4) is 0 Å². The van der Waals surface area contributed by atoms with Gasteiger partial charge in [-0.3, -0.25) is 9.59 Å². The Morgan fingerprint density at radius 2 is 1.23 bits per heavy atom. The van der Waals surface area contributed by atoms with Crippen molar-refractivity contribution < 1.29 is 9.59 Å². The fourth-order valence-corrected chi connectivity index (χ4v) is 3.45. The molecule has 1 aliphatic rings. The van der Waals surface area contributed by atoms with Crippen molar-refractivity contribution in [3.63, 3.8) is 0 Å². The standard InChI is InChI=1S/C22H26N2O2/c1-2-16-8-14-20(15-9-16)24-22(26)18-12-10-17(11-13-18)21(25)23-19-6-4-3-5-7-19/h3-9,14-15,17-18H,2,10-13H2,1H3,(H,23,25)(H,24,26). The second-order valence-corrected chi connectivity index (χ2v) is 6.94. The minimum absolute atomic E-state index is 0.0110. The van der Waals surface area contributed by atoms with Crippen LogP contribution in [0, 0.1) is 11.8 Å². The molecular weight excluding hydrogens is 324 g/mol. The van der Waals surface area contributed by atoms with Crippen molar-refractivity contribution in [2.45, 2.75) is 39.0 Å². The summed E-state index contributed by atoms with van der Waals surface area (Å²) in [5.41, 5.74) is 2.93. The fourth-order valence-electron chi connectivity index (χ4n) is 3.45. The first kappa shape index (κ1) is 18.2. The molecule has 3 rings (SSSR count). The first-order valence-corrected chi connectivity index (χ1v) is 9.41. The maximum atomic E-state index is 12.5. The van der Waals surface area contributed by atoms with Crippen molar-refractivity contribution in [2.24, 2.45) is 11.8 Å². The third kappa shape index (κ3) is 4.72. The quantitative estimate of drug-likeness (QED) is 0.826. The minimum atomic E-state index is -0.0124. The van der Waals surface area contributed by atoms with Crippen molar-refractivity contribution in [1.82, 2.24) is 0 Å². The van der Waals surface area contributed by atoms with Gasteiger partial charge in [0.25, 0.3) is 0 Å². The molecule has 4 nitrogen and oxygen atoms in total. The summed E-state index contributed by atoms with van der Waals surface area (Å²) in [4.78, 5) is 24.9. The first-order valence-electron chi connectivity index (χ1n) is 9.41. The lowest BCUT2D eigenvalue weighted by Gasteiger charge is -2.27. The number of amides is 2. The van der Waals surface area contributed by atoms with E-state index in [1.54, 1.807) is 0 Å². The SMILES string of the molecule is CCc1ccc(NC(=O)C2CCC(C(=O)Nc3ccccc3)CC2)cc1. The maximum absolute atomic E-state index is 12.5. The monoisotopic (exact) mass is 350 g/mol. The Labute approximate surface area is 155 Å². The molecule has 1 aliphatic carbocycles.